The maximum atomic E-state index is 13.8. The van der Waals surface area contributed by atoms with Crippen molar-refractivity contribution in [1.29, 1.82) is 0 Å². The third-order valence-corrected chi connectivity index (χ3v) is 7.31. The van der Waals surface area contributed by atoms with Crippen LogP contribution in [0.4, 0.5) is 5.69 Å². The molecular formula is C26H36ClN3O5S. The molecule has 0 saturated heterocycles. The molecule has 2 atom stereocenters. The second-order valence-electron chi connectivity index (χ2n) is 8.83. The van der Waals surface area contributed by atoms with Crippen molar-refractivity contribution in [1.82, 2.24) is 10.2 Å². The first-order valence-electron chi connectivity index (χ1n) is 11.9. The summed E-state index contributed by atoms with van der Waals surface area (Å²) in [5, 5.41) is 3.50. The maximum Gasteiger partial charge on any atom is 0.244 e. The standard InChI is InChI=1S/C26H36ClN3O5S/c1-7-19(4)28-26(32)22(8-2)29(16-20-10-12-21(27)13-11-20)25(31)17-30(36(6,33)34)23-15-18(3)9-14-24(23)35-5/h9-15,19,22H,7-8,16-17H2,1-6H3,(H,28,32)/t19-,22-/m1/s1. The van der Waals surface area contributed by atoms with E-state index in [-0.39, 0.29) is 24.2 Å². The van der Waals surface area contributed by atoms with Crippen LogP contribution in [-0.4, -0.2) is 57.1 Å². The topological polar surface area (TPSA) is 96.0 Å². The number of sulfonamides is 1. The number of anilines is 1. The van der Waals surface area contributed by atoms with Crippen LogP contribution < -0.4 is 14.4 Å². The largest absolute Gasteiger partial charge is 0.495 e. The van der Waals surface area contributed by atoms with Crippen LogP contribution in [0, 0.1) is 6.92 Å². The second-order valence-corrected chi connectivity index (χ2v) is 11.2. The van der Waals surface area contributed by atoms with E-state index in [9.17, 15) is 18.0 Å². The van der Waals surface area contributed by atoms with Gasteiger partial charge in [-0.3, -0.25) is 13.9 Å². The molecule has 0 bridgehead atoms. The average Bonchev–Trinajstić information content (AvgIpc) is 2.82. The van der Waals surface area contributed by atoms with Gasteiger partial charge in [-0.2, -0.15) is 0 Å². The molecule has 2 amide bonds. The van der Waals surface area contributed by atoms with E-state index in [0.29, 0.717) is 17.2 Å². The molecule has 198 valence electrons. The molecule has 8 nitrogen and oxygen atoms in total. The number of ether oxygens (including phenoxy) is 1. The highest BCUT2D eigenvalue weighted by atomic mass is 35.5. The summed E-state index contributed by atoms with van der Waals surface area (Å²) in [6.07, 6.45) is 2.13. The first-order chi connectivity index (χ1) is 16.9. The first-order valence-corrected chi connectivity index (χ1v) is 14.1. The summed E-state index contributed by atoms with van der Waals surface area (Å²) in [7, 11) is -2.42. The molecule has 0 radical (unpaired) electrons. The first kappa shape index (κ1) is 29.5. The van der Waals surface area contributed by atoms with Crippen molar-refractivity contribution >= 4 is 39.1 Å². The van der Waals surface area contributed by atoms with Crippen molar-refractivity contribution in [2.45, 2.75) is 59.2 Å². The molecule has 0 spiro atoms. The van der Waals surface area contributed by atoms with Gasteiger partial charge in [-0.15, -0.1) is 0 Å². The Labute approximate surface area is 219 Å². The average molecular weight is 538 g/mol. The van der Waals surface area contributed by atoms with Crippen LogP contribution in [0.2, 0.25) is 5.02 Å². The van der Waals surface area contributed by atoms with E-state index in [0.717, 1.165) is 28.1 Å². The van der Waals surface area contributed by atoms with Crippen LogP contribution in [0.25, 0.3) is 0 Å². The Morgan fingerprint density at radius 2 is 1.72 bits per heavy atom. The fraction of sp³-hybridized carbons (Fsp3) is 0.462. The number of hydrogen-bond acceptors (Lipinski definition) is 5. The number of benzene rings is 2. The van der Waals surface area contributed by atoms with Crippen LogP contribution in [0.15, 0.2) is 42.5 Å². The maximum absolute atomic E-state index is 13.8. The molecule has 0 aliphatic carbocycles. The molecule has 36 heavy (non-hydrogen) atoms. The summed E-state index contributed by atoms with van der Waals surface area (Å²) >= 11 is 6.02. The molecular weight excluding hydrogens is 502 g/mol. The Morgan fingerprint density at radius 3 is 2.25 bits per heavy atom. The molecule has 2 rings (SSSR count). The van der Waals surface area contributed by atoms with Gasteiger partial charge in [-0.1, -0.05) is 43.6 Å². The Morgan fingerprint density at radius 1 is 1.08 bits per heavy atom. The third kappa shape index (κ3) is 7.86. The normalized spacial score (nSPS) is 13.0. The lowest BCUT2D eigenvalue weighted by molar-refractivity contribution is -0.140. The minimum Gasteiger partial charge on any atom is -0.495 e. The van der Waals surface area contributed by atoms with Gasteiger partial charge in [0.05, 0.1) is 19.1 Å². The number of aryl methyl sites for hydroxylation is 1. The molecule has 0 unspecified atom stereocenters. The molecule has 0 aliphatic heterocycles. The highest BCUT2D eigenvalue weighted by Gasteiger charge is 2.33. The van der Waals surface area contributed by atoms with Crippen molar-refractivity contribution in [2.75, 3.05) is 24.2 Å². The Bertz CT molecular complexity index is 1150. The number of hydrogen-bond donors (Lipinski definition) is 1. The summed E-state index contributed by atoms with van der Waals surface area (Å²) in [6.45, 7) is 7.13. The summed E-state index contributed by atoms with van der Waals surface area (Å²) in [6, 6.07) is 11.2. The number of methoxy groups -OCH3 is 1. The predicted octanol–water partition coefficient (Wildman–Crippen LogP) is 4.15. The van der Waals surface area contributed by atoms with E-state index in [1.165, 1.54) is 12.0 Å². The number of rotatable bonds is 12. The SMILES string of the molecule is CC[C@@H](C)NC(=O)[C@@H](CC)N(Cc1ccc(Cl)cc1)C(=O)CN(c1cc(C)ccc1OC)S(C)(=O)=O. The summed E-state index contributed by atoms with van der Waals surface area (Å²) < 4.78 is 32.1. The minimum absolute atomic E-state index is 0.0666. The summed E-state index contributed by atoms with van der Waals surface area (Å²) in [5.41, 5.74) is 1.84. The highest BCUT2D eigenvalue weighted by Crippen LogP contribution is 2.31. The Hall–Kier alpha value is -2.78. The van der Waals surface area contributed by atoms with E-state index in [2.05, 4.69) is 5.32 Å². The third-order valence-electron chi connectivity index (χ3n) is 5.94. The van der Waals surface area contributed by atoms with Gasteiger partial charge in [0, 0.05) is 17.6 Å². The highest BCUT2D eigenvalue weighted by molar-refractivity contribution is 7.92. The van der Waals surface area contributed by atoms with Gasteiger partial charge in [-0.05, 0) is 62.1 Å². The predicted molar refractivity (Wildman–Crippen MR) is 144 cm³/mol. The van der Waals surface area contributed by atoms with Crippen LogP contribution in [0.1, 0.15) is 44.7 Å². The molecule has 0 fully saturated rings. The lowest BCUT2D eigenvalue weighted by Crippen LogP contribution is -2.53. The molecule has 0 saturated carbocycles. The molecule has 1 N–H and O–H groups in total. The number of nitrogens with zero attached hydrogens (tertiary/aromatic N) is 2. The van der Waals surface area contributed by atoms with E-state index >= 15 is 0 Å². The van der Waals surface area contributed by atoms with Gasteiger partial charge in [-0.25, -0.2) is 8.42 Å². The van der Waals surface area contributed by atoms with Crippen molar-refractivity contribution in [2.24, 2.45) is 0 Å². The van der Waals surface area contributed by atoms with E-state index in [4.69, 9.17) is 16.3 Å². The van der Waals surface area contributed by atoms with Gasteiger partial charge < -0.3 is 15.0 Å². The van der Waals surface area contributed by atoms with Gasteiger partial charge in [0.25, 0.3) is 0 Å². The Kier molecular flexibility index (Phi) is 10.6. The van der Waals surface area contributed by atoms with E-state index in [1.807, 2.05) is 27.7 Å². The quantitative estimate of drug-likeness (QED) is 0.439. The van der Waals surface area contributed by atoms with Gasteiger partial charge in [0.2, 0.25) is 21.8 Å². The Balaban J connectivity index is 2.50. The zero-order chi connectivity index (χ0) is 27.0. The molecule has 0 aliphatic rings. The molecule has 0 aromatic heterocycles. The van der Waals surface area contributed by atoms with Crippen LogP contribution in [0.5, 0.6) is 5.75 Å². The van der Waals surface area contributed by atoms with Crippen LogP contribution in [-0.2, 0) is 26.2 Å². The summed E-state index contributed by atoms with van der Waals surface area (Å²) in [4.78, 5) is 28.3. The van der Waals surface area contributed by atoms with Crippen molar-refractivity contribution in [3.05, 3.63) is 58.6 Å². The molecule has 0 heterocycles. The fourth-order valence-corrected chi connectivity index (χ4v) is 4.71. The van der Waals surface area contributed by atoms with Gasteiger partial charge in [0.1, 0.15) is 18.3 Å². The number of halogens is 1. The number of amides is 2. The smallest absolute Gasteiger partial charge is 0.244 e. The number of carbonyl (C=O) groups excluding carboxylic acids is 2. The minimum atomic E-state index is -3.86. The van der Waals surface area contributed by atoms with Crippen molar-refractivity contribution < 1.29 is 22.7 Å². The lowest BCUT2D eigenvalue weighted by atomic mass is 10.1. The van der Waals surface area contributed by atoms with Crippen molar-refractivity contribution in [3.63, 3.8) is 0 Å². The van der Waals surface area contributed by atoms with Crippen molar-refractivity contribution in [3.8, 4) is 5.75 Å². The molecule has 10 heteroatoms. The molecule has 2 aromatic carbocycles. The van der Waals surface area contributed by atoms with Gasteiger partial charge >= 0.3 is 0 Å². The van der Waals surface area contributed by atoms with E-state index in [1.54, 1.807) is 42.5 Å². The zero-order valence-electron chi connectivity index (χ0n) is 21.7. The van der Waals surface area contributed by atoms with Gasteiger partial charge in [0.15, 0.2) is 0 Å². The molecule has 2 aromatic rings. The second kappa shape index (κ2) is 13.0. The van der Waals surface area contributed by atoms with E-state index < -0.39 is 28.5 Å². The van der Waals surface area contributed by atoms with Crippen LogP contribution >= 0.6 is 11.6 Å². The fourth-order valence-electron chi connectivity index (χ4n) is 3.74. The number of carbonyl (C=O) groups is 2. The summed E-state index contributed by atoms with van der Waals surface area (Å²) in [5.74, 6) is -0.470. The monoisotopic (exact) mass is 537 g/mol. The lowest BCUT2D eigenvalue weighted by Gasteiger charge is -2.33. The zero-order valence-corrected chi connectivity index (χ0v) is 23.3. The number of nitrogens with one attached hydrogen (secondary N) is 1. The van der Waals surface area contributed by atoms with Crippen LogP contribution in [0.3, 0.4) is 0 Å².